The van der Waals surface area contributed by atoms with Crippen LogP contribution in [0.1, 0.15) is 50.5 Å². The monoisotopic (exact) mass is 358 g/mol. The second-order valence-electron chi connectivity index (χ2n) is 8.78. The highest BCUT2D eigenvalue weighted by molar-refractivity contribution is 5.84. The summed E-state index contributed by atoms with van der Waals surface area (Å²) < 4.78 is 13.1. The van der Waals surface area contributed by atoms with Gasteiger partial charge in [0.15, 0.2) is 0 Å². The van der Waals surface area contributed by atoms with E-state index < -0.39 is 0 Å². The molecule has 4 bridgehead atoms. The largest absolute Gasteiger partial charge is 0.350 e. The Morgan fingerprint density at radius 3 is 2.27 bits per heavy atom. The number of halogens is 1. The van der Waals surface area contributed by atoms with E-state index in [0.29, 0.717) is 12.0 Å². The van der Waals surface area contributed by atoms with E-state index in [-0.39, 0.29) is 36.1 Å². The van der Waals surface area contributed by atoms with Gasteiger partial charge in [0.1, 0.15) is 5.82 Å². The van der Waals surface area contributed by atoms with Crippen LogP contribution >= 0.6 is 0 Å². The van der Waals surface area contributed by atoms with E-state index >= 15 is 0 Å². The summed E-state index contributed by atoms with van der Waals surface area (Å²) >= 11 is 0. The van der Waals surface area contributed by atoms with Crippen molar-refractivity contribution in [1.29, 1.82) is 0 Å². The topological polar surface area (TPSA) is 58.2 Å². The molecule has 4 aliphatic carbocycles. The molecule has 4 aliphatic rings. The van der Waals surface area contributed by atoms with Crippen molar-refractivity contribution >= 4 is 11.8 Å². The summed E-state index contributed by atoms with van der Waals surface area (Å²) in [6, 6.07) is 6.14. The number of carbonyl (C=O) groups is 2. The maximum atomic E-state index is 13.1. The molecule has 0 unspecified atom stereocenters. The number of benzene rings is 1. The Morgan fingerprint density at radius 2 is 1.65 bits per heavy atom. The molecule has 0 atom stereocenters. The fourth-order valence-electron chi connectivity index (χ4n) is 6.00. The Labute approximate surface area is 153 Å². The first-order valence-electron chi connectivity index (χ1n) is 9.77. The zero-order valence-corrected chi connectivity index (χ0v) is 15.1. The van der Waals surface area contributed by atoms with Gasteiger partial charge in [0, 0.05) is 13.0 Å². The van der Waals surface area contributed by atoms with Crippen LogP contribution in [0.2, 0.25) is 0 Å². The zero-order chi connectivity index (χ0) is 18.1. The van der Waals surface area contributed by atoms with E-state index in [1.807, 2.05) is 0 Å². The molecule has 5 heteroatoms. The second-order valence-corrected chi connectivity index (χ2v) is 8.78. The predicted octanol–water partition coefficient (Wildman–Crippen LogP) is 3.16. The highest BCUT2D eigenvalue weighted by Gasteiger charge is 2.51. The third-order valence-electron chi connectivity index (χ3n) is 6.53. The second kappa shape index (κ2) is 7.01. The van der Waals surface area contributed by atoms with E-state index in [4.69, 9.17) is 0 Å². The summed E-state index contributed by atoms with van der Waals surface area (Å²) in [7, 11) is 0. The lowest BCUT2D eigenvalue weighted by Crippen LogP contribution is -2.48. The minimum atomic E-state index is -0.319. The molecule has 4 nitrogen and oxygen atoms in total. The molecule has 2 N–H and O–H groups in total. The average Bonchev–Trinajstić information content (AvgIpc) is 2.56. The van der Waals surface area contributed by atoms with Crippen LogP contribution < -0.4 is 10.6 Å². The Morgan fingerprint density at radius 1 is 1.00 bits per heavy atom. The average molecular weight is 358 g/mol. The van der Waals surface area contributed by atoms with Crippen LogP contribution in [0.25, 0.3) is 0 Å². The van der Waals surface area contributed by atoms with Crippen molar-refractivity contribution in [3.63, 3.8) is 0 Å². The van der Waals surface area contributed by atoms with Crippen molar-refractivity contribution in [3.05, 3.63) is 35.6 Å². The van der Waals surface area contributed by atoms with E-state index in [0.717, 1.165) is 17.8 Å². The summed E-state index contributed by atoms with van der Waals surface area (Å²) in [5.74, 6) is 1.90. The van der Waals surface area contributed by atoms with Crippen LogP contribution in [0.5, 0.6) is 0 Å². The molecule has 4 saturated carbocycles. The van der Waals surface area contributed by atoms with Crippen LogP contribution in [-0.2, 0) is 16.1 Å². The molecule has 5 rings (SSSR count). The third kappa shape index (κ3) is 3.92. The molecule has 0 saturated heterocycles. The van der Waals surface area contributed by atoms with Gasteiger partial charge in [0.25, 0.3) is 0 Å². The zero-order valence-electron chi connectivity index (χ0n) is 15.1. The number of hydrogen-bond acceptors (Lipinski definition) is 2. The molecule has 1 aromatic rings. The molecular weight excluding hydrogens is 331 g/mol. The molecule has 0 radical (unpaired) electrons. The fourth-order valence-corrected chi connectivity index (χ4v) is 6.00. The first kappa shape index (κ1) is 17.5. The predicted molar refractivity (Wildman–Crippen MR) is 96.5 cm³/mol. The molecule has 26 heavy (non-hydrogen) atoms. The fraction of sp³-hybridized carbons (Fsp3) is 0.619. The molecular formula is C21H27FN2O2. The lowest BCUT2D eigenvalue weighted by atomic mass is 9.49. The van der Waals surface area contributed by atoms with Gasteiger partial charge in [-0.15, -0.1) is 0 Å². The van der Waals surface area contributed by atoms with Gasteiger partial charge in [0.05, 0.1) is 6.54 Å². The van der Waals surface area contributed by atoms with Gasteiger partial charge in [0.2, 0.25) is 11.8 Å². The highest BCUT2D eigenvalue weighted by Crippen LogP contribution is 2.61. The quantitative estimate of drug-likeness (QED) is 0.821. The minimum absolute atomic E-state index is 0.00662. The third-order valence-corrected chi connectivity index (χ3v) is 6.53. The number of amides is 2. The van der Waals surface area contributed by atoms with Crippen LogP contribution in [0, 0.1) is 29.0 Å². The van der Waals surface area contributed by atoms with Gasteiger partial charge in [-0.2, -0.15) is 0 Å². The number of hydrogen-bond donors (Lipinski definition) is 2. The maximum Gasteiger partial charge on any atom is 0.239 e. The van der Waals surface area contributed by atoms with Crippen molar-refractivity contribution in [3.8, 4) is 0 Å². The summed E-state index contributed by atoms with van der Waals surface area (Å²) in [5, 5.41) is 5.50. The van der Waals surface area contributed by atoms with Gasteiger partial charge < -0.3 is 10.6 Å². The first-order chi connectivity index (χ1) is 12.5. The standard InChI is InChI=1S/C21H27FN2O2/c22-18-3-1-2-14(7-18)12-23-20(26)13-24-19(25)11-21-8-15-4-16(9-21)6-17(5-15)10-21/h1-3,7,15-17H,4-6,8-13H2,(H,23,26)(H,24,25). The molecule has 4 fully saturated rings. The summed E-state index contributed by atoms with van der Waals surface area (Å²) in [6.45, 7) is 0.252. The van der Waals surface area contributed by atoms with Crippen molar-refractivity contribution in [2.24, 2.45) is 23.2 Å². The Balaban J connectivity index is 1.22. The normalized spacial score (nSPS) is 31.7. The first-order valence-corrected chi connectivity index (χ1v) is 9.77. The molecule has 0 aliphatic heterocycles. The van der Waals surface area contributed by atoms with Crippen LogP contribution in [0.15, 0.2) is 24.3 Å². The van der Waals surface area contributed by atoms with Gasteiger partial charge in [-0.05, 0) is 79.4 Å². The Hall–Kier alpha value is -1.91. The van der Waals surface area contributed by atoms with Crippen LogP contribution in [-0.4, -0.2) is 18.4 Å². The minimum Gasteiger partial charge on any atom is -0.350 e. The van der Waals surface area contributed by atoms with Crippen molar-refractivity contribution in [2.45, 2.75) is 51.5 Å². The van der Waals surface area contributed by atoms with Gasteiger partial charge in [-0.1, -0.05) is 12.1 Å². The molecule has 1 aromatic carbocycles. The lowest BCUT2D eigenvalue weighted by Gasteiger charge is -2.56. The molecule has 2 amide bonds. The van der Waals surface area contributed by atoms with Crippen LogP contribution in [0.4, 0.5) is 4.39 Å². The Kier molecular flexibility index (Phi) is 4.72. The van der Waals surface area contributed by atoms with Crippen molar-refractivity contribution in [1.82, 2.24) is 10.6 Å². The highest BCUT2D eigenvalue weighted by atomic mass is 19.1. The smallest absolute Gasteiger partial charge is 0.239 e. The number of rotatable bonds is 6. The molecule has 140 valence electrons. The SMILES string of the molecule is O=C(CNC(=O)CC12CC3CC(CC(C3)C1)C2)NCc1cccc(F)c1. The lowest BCUT2D eigenvalue weighted by molar-refractivity contribution is -0.131. The maximum absolute atomic E-state index is 13.1. The van der Waals surface area contributed by atoms with Gasteiger partial charge in [-0.25, -0.2) is 4.39 Å². The van der Waals surface area contributed by atoms with Gasteiger partial charge >= 0.3 is 0 Å². The molecule has 0 aromatic heterocycles. The number of nitrogens with one attached hydrogen (secondary N) is 2. The van der Waals surface area contributed by atoms with E-state index in [2.05, 4.69) is 10.6 Å². The molecule has 0 spiro atoms. The van der Waals surface area contributed by atoms with E-state index in [1.54, 1.807) is 12.1 Å². The summed E-state index contributed by atoms with van der Waals surface area (Å²) in [6.07, 6.45) is 8.23. The van der Waals surface area contributed by atoms with Crippen LogP contribution in [0.3, 0.4) is 0 Å². The molecule has 0 heterocycles. The van der Waals surface area contributed by atoms with Crippen molar-refractivity contribution < 1.29 is 14.0 Å². The van der Waals surface area contributed by atoms with E-state index in [1.165, 1.54) is 50.7 Å². The van der Waals surface area contributed by atoms with E-state index in [9.17, 15) is 14.0 Å². The Bertz CT molecular complexity index is 668. The summed E-state index contributed by atoms with van der Waals surface area (Å²) in [5.41, 5.74) is 0.898. The van der Waals surface area contributed by atoms with Crippen molar-refractivity contribution in [2.75, 3.05) is 6.54 Å². The summed E-state index contributed by atoms with van der Waals surface area (Å²) in [4.78, 5) is 24.4. The van der Waals surface area contributed by atoms with Gasteiger partial charge in [-0.3, -0.25) is 9.59 Å². The number of carbonyl (C=O) groups excluding carboxylic acids is 2.